The van der Waals surface area contributed by atoms with E-state index in [2.05, 4.69) is 21.6 Å². The largest absolute Gasteiger partial charge is 0.354 e. The summed E-state index contributed by atoms with van der Waals surface area (Å²) in [6, 6.07) is 6.14. The second-order valence-electron chi connectivity index (χ2n) is 6.24. The molecule has 2 aromatic rings. The Balaban J connectivity index is 1.72. The van der Waals surface area contributed by atoms with Gasteiger partial charge in [-0.3, -0.25) is 0 Å². The van der Waals surface area contributed by atoms with Crippen LogP contribution in [0.4, 0.5) is 5.82 Å². The van der Waals surface area contributed by atoms with Crippen LogP contribution in [0.15, 0.2) is 24.4 Å². The molecular weight excluding hydrogens is 270 g/mol. The van der Waals surface area contributed by atoms with Crippen molar-refractivity contribution in [1.82, 2.24) is 9.38 Å². The first kappa shape index (κ1) is 12.5. The molecule has 0 atom stereocenters. The van der Waals surface area contributed by atoms with Gasteiger partial charge in [0.05, 0.1) is 11.6 Å². The third-order valence-corrected chi connectivity index (χ3v) is 4.64. The second-order valence-corrected chi connectivity index (χ2v) is 6.50. The van der Waals surface area contributed by atoms with Gasteiger partial charge in [0.1, 0.15) is 5.65 Å². The number of hydrogen-bond acceptors (Lipinski definition) is 2. The van der Waals surface area contributed by atoms with Crippen molar-refractivity contribution in [3.63, 3.8) is 0 Å². The third kappa shape index (κ3) is 2.39. The van der Waals surface area contributed by atoms with Gasteiger partial charge in [-0.25, -0.2) is 4.98 Å². The molecule has 0 bridgehead atoms. The summed E-state index contributed by atoms with van der Waals surface area (Å²) >= 11 is 6.21. The van der Waals surface area contributed by atoms with E-state index in [1.54, 1.807) is 0 Å². The number of imidazole rings is 1. The summed E-state index contributed by atoms with van der Waals surface area (Å²) in [5.41, 5.74) is 2.15. The van der Waals surface area contributed by atoms with E-state index in [-0.39, 0.29) is 0 Å². The molecule has 2 saturated carbocycles. The first-order valence-corrected chi connectivity index (χ1v) is 8.15. The molecule has 0 saturated heterocycles. The number of alkyl halides is 1. The maximum absolute atomic E-state index is 6.21. The predicted molar refractivity (Wildman–Crippen MR) is 82.4 cm³/mol. The van der Waals surface area contributed by atoms with Gasteiger partial charge >= 0.3 is 0 Å². The number of fused-ring (bicyclic) bond motifs is 1. The van der Waals surface area contributed by atoms with Gasteiger partial charge in [0.15, 0.2) is 5.82 Å². The summed E-state index contributed by atoms with van der Waals surface area (Å²) in [7, 11) is 0. The Morgan fingerprint density at radius 3 is 2.45 bits per heavy atom. The van der Waals surface area contributed by atoms with E-state index in [1.165, 1.54) is 25.7 Å². The van der Waals surface area contributed by atoms with E-state index in [9.17, 15) is 0 Å². The van der Waals surface area contributed by atoms with Crippen molar-refractivity contribution in [1.29, 1.82) is 0 Å². The molecule has 0 aromatic carbocycles. The molecule has 2 fully saturated rings. The first-order chi connectivity index (χ1) is 9.85. The van der Waals surface area contributed by atoms with Crippen molar-refractivity contribution in [3.05, 3.63) is 30.1 Å². The maximum atomic E-state index is 6.21. The molecule has 2 aromatic heterocycles. The van der Waals surface area contributed by atoms with Crippen molar-refractivity contribution in [2.75, 3.05) is 18.0 Å². The van der Waals surface area contributed by atoms with E-state index in [0.29, 0.717) is 5.88 Å². The zero-order chi connectivity index (χ0) is 13.5. The number of nitrogens with zero attached hydrogens (tertiary/aromatic N) is 3. The van der Waals surface area contributed by atoms with E-state index in [0.717, 1.165) is 42.1 Å². The minimum atomic E-state index is 0.520. The smallest absolute Gasteiger partial charge is 0.152 e. The van der Waals surface area contributed by atoms with Crippen LogP contribution in [0.3, 0.4) is 0 Å². The Morgan fingerprint density at radius 1 is 1.15 bits per heavy atom. The molecule has 2 aliphatic carbocycles. The maximum Gasteiger partial charge on any atom is 0.152 e. The van der Waals surface area contributed by atoms with Crippen LogP contribution in [0, 0.1) is 11.8 Å². The van der Waals surface area contributed by atoms with Crippen molar-refractivity contribution in [3.8, 4) is 0 Å². The van der Waals surface area contributed by atoms with Crippen molar-refractivity contribution >= 4 is 23.1 Å². The lowest BCUT2D eigenvalue weighted by molar-refractivity contribution is 0.671. The number of anilines is 1. The van der Waals surface area contributed by atoms with Crippen LogP contribution in [0.1, 0.15) is 31.4 Å². The standard InChI is InChI=1S/C16H20ClN3/c17-9-14-16(18-15-3-1-2-8-20(14)15)19(10-12-4-5-12)11-13-6-7-13/h1-3,8,12-13H,4-7,9-11H2. The number of hydrogen-bond donors (Lipinski definition) is 0. The summed E-state index contributed by atoms with van der Waals surface area (Å²) in [4.78, 5) is 7.35. The normalized spacial score (nSPS) is 18.6. The lowest BCUT2D eigenvalue weighted by Crippen LogP contribution is -2.29. The molecule has 0 N–H and O–H groups in total. The summed E-state index contributed by atoms with van der Waals surface area (Å²) in [5, 5.41) is 0. The quantitative estimate of drug-likeness (QED) is 0.756. The van der Waals surface area contributed by atoms with Gasteiger partial charge in [0, 0.05) is 19.3 Å². The molecular formula is C16H20ClN3. The molecule has 0 aliphatic heterocycles. The van der Waals surface area contributed by atoms with Gasteiger partial charge in [0.25, 0.3) is 0 Å². The first-order valence-electron chi connectivity index (χ1n) is 7.62. The lowest BCUT2D eigenvalue weighted by Gasteiger charge is -2.23. The van der Waals surface area contributed by atoms with Crippen LogP contribution in [0.25, 0.3) is 5.65 Å². The number of pyridine rings is 1. The van der Waals surface area contributed by atoms with E-state index in [1.807, 2.05) is 12.1 Å². The SMILES string of the molecule is ClCc1c(N(CC2CC2)CC2CC2)nc2ccccn12. The topological polar surface area (TPSA) is 20.5 Å². The summed E-state index contributed by atoms with van der Waals surface area (Å²) in [5.74, 6) is 3.39. The highest BCUT2D eigenvalue weighted by Crippen LogP contribution is 2.36. The molecule has 2 heterocycles. The van der Waals surface area contributed by atoms with Crippen LogP contribution in [-0.4, -0.2) is 22.5 Å². The molecule has 2 aliphatic rings. The highest BCUT2D eigenvalue weighted by atomic mass is 35.5. The summed E-state index contributed by atoms with van der Waals surface area (Å²) in [6.07, 6.45) is 7.58. The molecule has 0 amide bonds. The second kappa shape index (κ2) is 4.96. The van der Waals surface area contributed by atoms with Crippen molar-refractivity contribution in [2.45, 2.75) is 31.6 Å². The lowest BCUT2D eigenvalue weighted by atomic mass is 10.3. The number of aromatic nitrogens is 2. The van der Waals surface area contributed by atoms with Crippen molar-refractivity contribution < 1.29 is 0 Å². The molecule has 0 spiro atoms. The summed E-state index contributed by atoms with van der Waals surface area (Å²) in [6.45, 7) is 2.31. The summed E-state index contributed by atoms with van der Waals surface area (Å²) < 4.78 is 2.13. The van der Waals surface area contributed by atoms with Crippen LogP contribution >= 0.6 is 11.6 Å². The van der Waals surface area contributed by atoms with Crippen LogP contribution in [0.2, 0.25) is 0 Å². The van der Waals surface area contributed by atoms with E-state index in [4.69, 9.17) is 16.6 Å². The molecule has 4 rings (SSSR count). The van der Waals surface area contributed by atoms with Crippen LogP contribution in [-0.2, 0) is 5.88 Å². The Kier molecular flexibility index (Phi) is 3.10. The number of halogens is 1. The van der Waals surface area contributed by atoms with Crippen LogP contribution in [0.5, 0.6) is 0 Å². The predicted octanol–water partition coefficient (Wildman–Crippen LogP) is 3.70. The molecule has 0 unspecified atom stereocenters. The molecule has 4 heteroatoms. The molecule has 106 valence electrons. The fourth-order valence-electron chi connectivity index (χ4n) is 2.88. The fourth-order valence-corrected chi connectivity index (χ4v) is 3.13. The van der Waals surface area contributed by atoms with E-state index < -0.39 is 0 Å². The highest BCUT2D eigenvalue weighted by molar-refractivity contribution is 6.17. The molecule has 0 radical (unpaired) electrons. The van der Waals surface area contributed by atoms with Gasteiger partial charge in [-0.1, -0.05) is 6.07 Å². The zero-order valence-electron chi connectivity index (χ0n) is 11.6. The van der Waals surface area contributed by atoms with Gasteiger partial charge in [-0.15, -0.1) is 11.6 Å². The Hall–Kier alpha value is -1.22. The minimum Gasteiger partial charge on any atom is -0.354 e. The average Bonchev–Trinajstić information content (AvgIpc) is 3.38. The Bertz CT molecular complexity index is 599. The van der Waals surface area contributed by atoms with Gasteiger partial charge in [0.2, 0.25) is 0 Å². The van der Waals surface area contributed by atoms with Gasteiger partial charge in [-0.2, -0.15) is 0 Å². The minimum absolute atomic E-state index is 0.520. The van der Waals surface area contributed by atoms with Crippen LogP contribution < -0.4 is 4.90 Å². The monoisotopic (exact) mass is 289 g/mol. The highest BCUT2D eigenvalue weighted by Gasteiger charge is 2.31. The zero-order valence-corrected chi connectivity index (χ0v) is 12.4. The Labute approximate surface area is 124 Å². The molecule has 20 heavy (non-hydrogen) atoms. The van der Waals surface area contributed by atoms with Gasteiger partial charge in [-0.05, 0) is 49.7 Å². The van der Waals surface area contributed by atoms with E-state index >= 15 is 0 Å². The fraction of sp³-hybridized carbons (Fsp3) is 0.562. The van der Waals surface area contributed by atoms with Gasteiger partial charge < -0.3 is 9.30 Å². The Morgan fingerprint density at radius 2 is 1.85 bits per heavy atom. The molecule has 3 nitrogen and oxygen atoms in total. The third-order valence-electron chi connectivity index (χ3n) is 4.38. The van der Waals surface area contributed by atoms with Crippen molar-refractivity contribution in [2.24, 2.45) is 11.8 Å². The average molecular weight is 290 g/mol. The number of rotatable bonds is 6.